The predicted molar refractivity (Wildman–Crippen MR) is 99.6 cm³/mol. The van der Waals surface area contributed by atoms with Crippen molar-refractivity contribution >= 4 is 24.0 Å². The van der Waals surface area contributed by atoms with Crippen LogP contribution in [-0.4, -0.2) is 24.9 Å². The summed E-state index contributed by atoms with van der Waals surface area (Å²) in [7, 11) is 1.86. The molecule has 1 unspecified atom stereocenters. The van der Waals surface area contributed by atoms with Crippen LogP contribution in [0.25, 0.3) is 22.2 Å². The molecular formula is C17H14FN5OS2. The molecule has 1 atom stereocenters. The molecule has 3 heterocycles. The lowest BCUT2D eigenvalue weighted by Gasteiger charge is -2.06. The van der Waals surface area contributed by atoms with E-state index in [4.69, 9.17) is 4.52 Å². The normalized spacial score (nSPS) is 12.5. The molecule has 0 saturated carbocycles. The highest BCUT2D eigenvalue weighted by Crippen LogP contribution is 2.31. The lowest BCUT2D eigenvalue weighted by atomic mass is 10.1. The number of aromatic nitrogens is 5. The molecule has 0 aliphatic carbocycles. The fourth-order valence-corrected chi connectivity index (χ4v) is 3.65. The van der Waals surface area contributed by atoms with Gasteiger partial charge >= 0.3 is 0 Å². The van der Waals surface area contributed by atoms with Crippen LogP contribution < -0.4 is 0 Å². The first-order valence-corrected chi connectivity index (χ1v) is 9.15. The summed E-state index contributed by atoms with van der Waals surface area (Å²) in [4.78, 5) is 5.30. The molecule has 3 aromatic heterocycles. The Kier molecular flexibility index (Phi) is 4.33. The first-order valence-electron chi connectivity index (χ1n) is 7.76. The van der Waals surface area contributed by atoms with E-state index in [1.54, 1.807) is 23.5 Å². The van der Waals surface area contributed by atoms with Gasteiger partial charge in [-0.05, 0) is 30.5 Å². The van der Waals surface area contributed by atoms with E-state index in [1.165, 1.54) is 6.07 Å². The third-order valence-corrected chi connectivity index (χ3v) is 5.26. The summed E-state index contributed by atoms with van der Waals surface area (Å²) in [6.07, 6.45) is 0. The third-order valence-electron chi connectivity index (χ3n) is 3.93. The minimum absolute atomic E-state index is 0.112. The van der Waals surface area contributed by atoms with Crippen LogP contribution in [-0.2, 0) is 7.05 Å². The predicted octanol–water partition coefficient (Wildman–Crippen LogP) is 4.06. The Bertz CT molecular complexity index is 1060. The van der Waals surface area contributed by atoms with Crippen LogP contribution in [0.3, 0.4) is 0 Å². The zero-order valence-electron chi connectivity index (χ0n) is 13.9. The molecule has 4 rings (SSSR count). The van der Waals surface area contributed by atoms with Crippen LogP contribution in [0.1, 0.15) is 22.5 Å². The van der Waals surface area contributed by atoms with Crippen LogP contribution in [0, 0.1) is 12.7 Å². The Morgan fingerprint density at radius 2 is 2.12 bits per heavy atom. The van der Waals surface area contributed by atoms with Crippen LogP contribution in [0.2, 0.25) is 0 Å². The molecule has 0 bridgehead atoms. The van der Waals surface area contributed by atoms with Crippen LogP contribution in [0.5, 0.6) is 0 Å². The molecule has 0 fully saturated rings. The number of halogens is 1. The lowest BCUT2D eigenvalue weighted by molar-refractivity contribution is 0.420. The molecule has 6 nitrogen and oxygen atoms in total. The second-order valence-electron chi connectivity index (χ2n) is 5.76. The van der Waals surface area contributed by atoms with Crippen molar-refractivity contribution in [2.45, 2.75) is 12.2 Å². The Labute approximate surface area is 158 Å². The van der Waals surface area contributed by atoms with Crippen molar-refractivity contribution in [1.29, 1.82) is 0 Å². The Morgan fingerprint density at radius 1 is 1.27 bits per heavy atom. The molecule has 1 aromatic carbocycles. The van der Waals surface area contributed by atoms with Gasteiger partial charge in [0.15, 0.2) is 17.5 Å². The highest BCUT2D eigenvalue weighted by molar-refractivity contribution is 7.80. The van der Waals surface area contributed by atoms with Gasteiger partial charge in [0.1, 0.15) is 11.1 Å². The molecule has 9 heteroatoms. The van der Waals surface area contributed by atoms with Crippen molar-refractivity contribution in [2.24, 2.45) is 7.05 Å². The molecule has 0 amide bonds. The summed E-state index contributed by atoms with van der Waals surface area (Å²) in [5.41, 5.74) is 1.17. The van der Waals surface area contributed by atoms with Crippen molar-refractivity contribution in [3.63, 3.8) is 0 Å². The second-order valence-corrected chi connectivity index (χ2v) is 7.23. The number of nitrogens with zero attached hydrogens (tertiary/aromatic N) is 5. The molecule has 0 aliphatic heterocycles. The van der Waals surface area contributed by atoms with Gasteiger partial charge in [0.2, 0.25) is 0 Å². The quantitative estimate of drug-likeness (QED) is 0.535. The SMILES string of the molecule is Cc1ccc(F)c(-c2nc(C(S)c3nnc(-c4cccs4)n3C)no2)c1. The zero-order chi connectivity index (χ0) is 18.3. The summed E-state index contributed by atoms with van der Waals surface area (Å²) >= 11 is 6.14. The van der Waals surface area contributed by atoms with Gasteiger partial charge in [-0.15, -0.1) is 21.5 Å². The number of thiophene rings is 1. The molecule has 4 aromatic rings. The van der Waals surface area contributed by atoms with Crippen LogP contribution in [0.15, 0.2) is 40.2 Å². The van der Waals surface area contributed by atoms with Crippen molar-refractivity contribution < 1.29 is 8.91 Å². The van der Waals surface area contributed by atoms with Gasteiger partial charge in [-0.1, -0.05) is 22.9 Å². The summed E-state index contributed by atoms with van der Waals surface area (Å²) in [5.74, 6) is 1.31. The monoisotopic (exact) mass is 387 g/mol. The minimum atomic E-state index is -0.549. The first kappa shape index (κ1) is 16.9. The van der Waals surface area contributed by atoms with Gasteiger partial charge in [0, 0.05) is 7.05 Å². The molecule has 0 N–H and O–H groups in total. The first-order chi connectivity index (χ1) is 12.5. The van der Waals surface area contributed by atoms with Crippen molar-refractivity contribution in [2.75, 3.05) is 0 Å². The maximum atomic E-state index is 14.0. The molecular weight excluding hydrogens is 373 g/mol. The molecule has 0 spiro atoms. The highest BCUT2D eigenvalue weighted by atomic mass is 32.1. The number of rotatable bonds is 4. The average molecular weight is 387 g/mol. The fourth-order valence-electron chi connectivity index (χ4n) is 2.57. The van der Waals surface area contributed by atoms with E-state index in [0.717, 1.165) is 16.3 Å². The standard InChI is InChI=1S/C17H14FN5OS2/c1-9-5-6-11(18)10(8-9)17-19-14(22-24-17)13(25)16-21-20-15(23(16)2)12-4-3-7-26-12/h3-8,13,25H,1-2H3. The molecule has 132 valence electrons. The number of hydrogen-bond donors (Lipinski definition) is 1. The van der Waals surface area contributed by atoms with E-state index < -0.39 is 11.1 Å². The van der Waals surface area contributed by atoms with Gasteiger partial charge in [0.05, 0.1) is 10.4 Å². The lowest BCUT2D eigenvalue weighted by Crippen LogP contribution is -2.05. The Morgan fingerprint density at radius 3 is 2.88 bits per heavy atom. The highest BCUT2D eigenvalue weighted by Gasteiger charge is 2.24. The largest absolute Gasteiger partial charge is 0.334 e. The number of aryl methyl sites for hydroxylation is 1. The maximum absolute atomic E-state index is 14.0. The number of benzene rings is 1. The van der Waals surface area contributed by atoms with E-state index in [9.17, 15) is 4.39 Å². The van der Waals surface area contributed by atoms with Gasteiger partial charge in [-0.2, -0.15) is 17.6 Å². The minimum Gasteiger partial charge on any atom is -0.334 e. The van der Waals surface area contributed by atoms with Crippen molar-refractivity contribution in [3.05, 3.63) is 58.7 Å². The summed E-state index contributed by atoms with van der Waals surface area (Å²) in [6, 6.07) is 8.65. The van der Waals surface area contributed by atoms with Gasteiger partial charge in [0.25, 0.3) is 5.89 Å². The zero-order valence-corrected chi connectivity index (χ0v) is 15.6. The molecule has 0 aliphatic rings. The van der Waals surface area contributed by atoms with E-state index in [-0.39, 0.29) is 11.5 Å². The van der Waals surface area contributed by atoms with Crippen molar-refractivity contribution in [3.8, 4) is 22.2 Å². The second kappa shape index (κ2) is 6.65. The number of thiol groups is 1. The Hall–Kier alpha value is -2.52. The van der Waals surface area contributed by atoms with E-state index >= 15 is 0 Å². The number of hydrogen-bond acceptors (Lipinski definition) is 7. The third kappa shape index (κ3) is 2.93. The Balaban J connectivity index is 1.67. The van der Waals surface area contributed by atoms with Crippen molar-refractivity contribution in [1.82, 2.24) is 24.9 Å². The maximum Gasteiger partial charge on any atom is 0.260 e. The van der Waals surface area contributed by atoms with Crippen LogP contribution in [0.4, 0.5) is 4.39 Å². The fraction of sp³-hybridized carbons (Fsp3) is 0.176. The summed E-state index contributed by atoms with van der Waals surface area (Å²) in [6.45, 7) is 1.87. The smallest absolute Gasteiger partial charge is 0.260 e. The summed E-state index contributed by atoms with van der Waals surface area (Å²) < 4.78 is 21.1. The van der Waals surface area contributed by atoms with Gasteiger partial charge in [-0.25, -0.2) is 4.39 Å². The topological polar surface area (TPSA) is 69.6 Å². The molecule has 0 saturated heterocycles. The van der Waals surface area contributed by atoms with Gasteiger partial charge in [-0.3, -0.25) is 0 Å². The van der Waals surface area contributed by atoms with E-state index in [0.29, 0.717) is 11.6 Å². The van der Waals surface area contributed by atoms with Crippen LogP contribution >= 0.6 is 24.0 Å². The molecule has 26 heavy (non-hydrogen) atoms. The summed E-state index contributed by atoms with van der Waals surface area (Å²) in [5, 5.41) is 13.8. The van der Waals surface area contributed by atoms with Gasteiger partial charge < -0.3 is 9.09 Å². The van der Waals surface area contributed by atoms with E-state index in [1.807, 2.05) is 36.1 Å². The molecule has 0 radical (unpaired) electrons. The average Bonchev–Trinajstić information content (AvgIpc) is 3.36. The van der Waals surface area contributed by atoms with E-state index in [2.05, 4.69) is 33.0 Å².